The van der Waals surface area contributed by atoms with Crippen LogP contribution in [0.3, 0.4) is 0 Å². The van der Waals surface area contributed by atoms with Crippen molar-refractivity contribution in [1.29, 1.82) is 0 Å². The summed E-state index contributed by atoms with van der Waals surface area (Å²) in [7, 11) is 0. The molecule has 0 aliphatic carbocycles. The van der Waals surface area contributed by atoms with Crippen LogP contribution >= 0.6 is 11.3 Å². The Hall–Kier alpha value is -0.730. The smallest absolute Gasteiger partial charge is 0.185 e. The Morgan fingerprint density at radius 2 is 2.00 bits per heavy atom. The third-order valence-electron chi connectivity index (χ3n) is 5.60. The monoisotopic (exact) mass is 369 g/mol. The fourth-order valence-corrected chi connectivity index (χ4v) is 4.85. The first-order valence-electron chi connectivity index (χ1n) is 9.35. The number of nitrogens with zero attached hydrogens (tertiary/aromatic N) is 3. The Kier molecular flexibility index (Phi) is 6.00. The summed E-state index contributed by atoms with van der Waals surface area (Å²) >= 11 is 1.79. The van der Waals surface area contributed by atoms with Crippen LogP contribution in [0, 0.1) is 5.92 Å². The van der Waals surface area contributed by atoms with Gasteiger partial charge in [0.25, 0.3) is 0 Å². The first-order valence-corrected chi connectivity index (χ1v) is 10.2. The summed E-state index contributed by atoms with van der Waals surface area (Å²) in [6, 6.07) is -0.138. The summed E-state index contributed by atoms with van der Waals surface area (Å²) in [5.41, 5.74) is 0. The topological polar surface area (TPSA) is 80.1 Å². The molecule has 2 aliphatic rings. The quantitative estimate of drug-likeness (QED) is 0.742. The SMILES string of the molecule is CC(C)c1cnc(N2CCC[C@H](CN3C[C@H](O)[C@@H](O)[C@H](O)[C@H]3C)C2)s1. The molecule has 142 valence electrons. The molecule has 2 saturated heterocycles. The Morgan fingerprint density at radius 3 is 2.68 bits per heavy atom. The van der Waals surface area contributed by atoms with E-state index in [0.29, 0.717) is 18.4 Å². The van der Waals surface area contributed by atoms with E-state index in [2.05, 4.69) is 28.6 Å². The summed E-state index contributed by atoms with van der Waals surface area (Å²) < 4.78 is 0. The van der Waals surface area contributed by atoms with Crippen molar-refractivity contribution in [2.24, 2.45) is 5.92 Å². The van der Waals surface area contributed by atoms with E-state index in [1.165, 1.54) is 4.88 Å². The van der Waals surface area contributed by atoms with Gasteiger partial charge in [0.2, 0.25) is 0 Å². The highest BCUT2D eigenvalue weighted by Gasteiger charge is 2.39. The molecule has 5 atom stereocenters. The van der Waals surface area contributed by atoms with Gasteiger partial charge in [-0.3, -0.25) is 4.90 Å². The number of piperidine rings is 2. The van der Waals surface area contributed by atoms with Crippen molar-refractivity contribution in [3.8, 4) is 0 Å². The highest BCUT2D eigenvalue weighted by Crippen LogP contribution is 2.31. The third kappa shape index (κ3) is 4.17. The second kappa shape index (κ2) is 7.88. The average molecular weight is 370 g/mol. The molecular weight excluding hydrogens is 338 g/mol. The zero-order valence-corrected chi connectivity index (χ0v) is 16.2. The van der Waals surface area contributed by atoms with Crippen molar-refractivity contribution in [2.45, 2.75) is 63.9 Å². The van der Waals surface area contributed by atoms with E-state index in [1.807, 2.05) is 13.1 Å². The molecule has 2 fully saturated rings. The number of likely N-dealkylation sites (tertiary alicyclic amines) is 1. The van der Waals surface area contributed by atoms with Crippen molar-refractivity contribution in [2.75, 3.05) is 31.1 Å². The molecule has 3 N–H and O–H groups in total. The third-order valence-corrected chi connectivity index (χ3v) is 6.96. The van der Waals surface area contributed by atoms with Crippen LogP contribution in [0.15, 0.2) is 6.20 Å². The van der Waals surface area contributed by atoms with Crippen LogP contribution in [0.2, 0.25) is 0 Å². The molecule has 1 aromatic rings. The number of hydrogen-bond acceptors (Lipinski definition) is 7. The zero-order valence-electron chi connectivity index (χ0n) is 15.4. The predicted molar refractivity (Wildman–Crippen MR) is 100 cm³/mol. The molecule has 0 amide bonds. The van der Waals surface area contributed by atoms with Crippen LogP contribution < -0.4 is 4.90 Å². The summed E-state index contributed by atoms with van der Waals surface area (Å²) in [6.07, 6.45) is 1.47. The van der Waals surface area contributed by atoms with Gasteiger partial charge in [0.15, 0.2) is 5.13 Å². The van der Waals surface area contributed by atoms with Gasteiger partial charge in [-0.1, -0.05) is 13.8 Å². The lowest BCUT2D eigenvalue weighted by molar-refractivity contribution is -0.135. The van der Waals surface area contributed by atoms with E-state index in [0.717, 1.165) is 37.6 Å². The van der Waals surface area contributed by atoms with Crippen molar-refractivity contribution < 1.29 is 15.3 Å². The Labute approximate surface area is 154 Å². The fraction of sp³-hybridized carbons (Fsp3) is 0.833. The van der Waals surface area contributed by atoms with Crippen LogP contribution in [-0.2, 0) is 0 Å². The molecule has 6 nitrogen and oxygen atoms in total. The van der Waals surface area contributed by atoms with Gasteiger partial charge in [0.05, 0.1) is 12.2 Å². The highest BCUT2D eigenvalue weighted by atomic mass is 32.1. The van der Waals surface area contributed by atoms with Crippen molar-refractivity contribution in [3.63, 3.8) is 0 Å². The molecule has 25 heavy (non-hydrogen) atoms. The van der Waals surface area contributed by atoms with E-state index in [9.17, 15) is 15.3 Å². The minimum atomic E-state index is -1.04. The number of anilines is 1. The van der Waals surface area contributed by atoms with Gasteiger partial charge in [-0.15, -0.1) is 11.3 Å². The van der Waals surface area contributed by atoms with Gasteiger partial charge in [-0.2, -0.15) is 0 Å². The van der Waals surface area contributed by atoms with E-state index < -0.39 is 18.3 Å². The summed E-state index contributed by atoms with van der Waals surface area (Å²) in [5, 5.41) is 31.1. The average Bonchev–Trinajstić information content (AvgIpc) is 3.08. The number of aliphatic hydroxyl groups is 3. The van der Waals surface area contributed by atoms with Gasteiger partial charge in [-0.25, -0.2) is 4.98 Å². The number of aromatic nitrogens is 1. The van der Waals surface area contributed by atoms with Gasteiger partial charge in [0, 0.05) is 43.3 Å². The molecule has 0 bridgehead atoms. The lowest BCUT2D eigenvalue weighted by atomic mass is 9.91. The van der Waals surface area contributed by atoms with Crippen LogP contribution in [0.25, 0.3) is 0 Å². The van der Waals surface area contributed by atoms with Gasteiger partial charge >= 0.3 is 0 Å². The minimum Gasteiger partial charge on any atom is -0.389 e. The number of rotatable bonds is 4. The van der Waals surface area contributed by atoms with Gasteiger partial charge in [-0.05, 0) is 31.6 Å². The summed E-state index contributed by atoms with van der Waals surface area (Å²) in [5.74, 6) is 0.993. The first-order chi connectivity index (χ1) is 11.9. The zero-order chi connectivity index (χ0) is 18.1. The lowest BCUT2D eigenvalue weighted by Crippen LogP contribution is -2.61. The highest BCUT2D eigenvalue weighted by molar-refractivity contribution is 7.15. The molecule has 0 unspecified atom stereocenters. The van der Waals surface area contributed by atoms with E-state index >= 15 is 0 Å². The fourth-order valence-electron chi connectivity index (χ4n) is 3.89. The predicted octanol–water partition coefficient (Wildman–Crippen LogP) is 1.27. The van der Waals surface area contributed by atoms with Crippen LogP contribution in [0.4, 0.5) is 5.13 Å². The molecule has 1 aromatic heterocycles. The summed E-state index contributed by atoms with van der Waals surface area (Å²) in [6.45, 7) is 9.57. The number of aliphatic hydroxyl groups excluding tert-OH is 3. The molecule has 0 spiro atoms. The molecule has 0 radical (unpaired) electrons. The molecule has 0 saturated carbocycles. The second-order valence-corrected chi connectivity index (χ2v) is 8.94. The van der Waals surface area contributed by atoms with Crippen LogP contribution in [-0.4, -0.2) is 75.7 Å². The van der Waals surface area contributed by atoms with E-state index in [4.69, 9.17) is 0 Å². The summed E-state index contributed by atoms with van der Waals surface area (Å²) in [4.78, 5) is 10.4. The van der Waals surface area contributed by atoms with Gasteiger partial charge < -0.3 is 20.2 Å². The second-order valence-electron chi connectivity index (χ2n) is 7.90. The lowest BCUT2D eigenvalue weighted by Gasteiger charge is -2.44. The molecule has 0 aromatic carbocycles. The Bertz CT molecular complexity index is 568. The molecule has 3 heterocycles. The number of β-amino-alcohol motifs (C(OH)–C–C–N with tert-alkyl or cyclic N) is 1. The van der Waals surface area contributed by atoms with Crippen LogP contribution in [0.5, 0.6) is 0 Å². The molecular formula is C18H31N3O3S. The number of hydrogen-bond donors (Lipinski definition) is 3. The van der Waals surface area contributed by atoms with Crippen molar-refractivity contribution in [1.82, 2.24) is 9.88 Å². The first kappa shape index (κ1) is 19.0. The largest absolute Gasteiger partial charge is 0.389 e. The van der Waals surface area contributed by atoms with E-state index in [-0.39, 0.29) is 6.04 Å². The standard InChI is InChI=1S/C18H31N3O3S/c1-11(2)15-7-19-18(25-15)20-6-4-5-13(8-20)9-21-10-14(22)17(24)16(23)12(21)3/h7,11-14,16-17,22-24H,4-6,8-10H2,1-3H3/t12-,13+,14+,16-,17-/m1/s1. The van der Waals surface area contributed by atoms with Crippen LogP contribution in [0.1, 0.15) is 44.4 Å². The molecule has 7 heteroatoms. The normalized spacial score (nSPS) is 34.7. The van der Waals surface area contributed by atoms with E-state index in [1.54, 1.807) is 11.3 Å². The number of thiazole rings is 1. The van der Waals surface area contributed by atoms with Crippen molar-refractivity contribution >= 4 is 16.5 Å². The minimum absolute atomic E-state index is 0.138. The van der Waals surface area contributed by atoms with Crippen molar-refractivity contribution in [3.05, 3.63) is 11.1 Å². The maximum absolute atomic E-state index is 10.1. The molecule has 3 rings (SSSR count). The Morgan fingerprint density at radius 1 is 1.24 bits per heavy atom. The Balaban J connectivity index is 1.61. The van der Waals surface area contributed by atoms with Gasteiger partial charge in [0.1, 0.15) is 6.10 Å². The maximum Gasteiger partial charge on any atom is 0.185 e. The molecule has 2 aliphatic heterocycles. The maximum atomic E-state index is 10.1.